The van der Waals surface area contributed by atoms with Crippen molar-refractivity contribution in [2.45, 2.75) is 335 Å². The molecule has 0 aromatic carbocycles. The lowest BCUT2D eigenvalue weighted by Crippen LogP contribution is -2.66. The molecule has 792 valence electrons. The van der Waals surface area contributed by atoms with Gasteiger partial charge in [0.15, 0.2) is 55.5 Å². The number of phosphoric ester groups is 1. The van der Waals surface area contributed by atoms with Gasteiger partial charge in [-0.3, -0.25) is 95.3 Å². The second-order valence-electron chi connectivity index (χ2n) is 34.1. The van der Waals surface area contributed by atoms with E-state index in [0.717, 1.165) is 82.3 Å². The number of phosphoric acid groups is 1. The van der Waals surface area contributed by atoms with Crippen molar-refractivity contribution in [1.82, 2.24) is 42.1 Å². The van der Waals surface area contributed by atoms with Crippen molar-refractivity contribution in [1.29, 1.82) is 0 Å². The van der Waals surface area contributed by atoms with Gasteiger partial charge in [-0.15, -0.1) is 0 Å². The summed E-state index contributed by atoms with van der Waals surface area (Å²) in [5.74, 6) is -11.0. The summed E-state index contributed by atoms with van der Waals surface area (Å²) in [5, 5.41) is 19.6. The average Bonchev–Trinajstić information content (AvgIpc) is 0.798. The maximum absolute atomic E-state index is 14.6. The standard InChI is InChI=1S/C90H147N8O40P/c1-56(99)94-77-83(133-65(10)108)80(130-62(7)105)70(50-126-59(4)102)136-87(77)123-41-27-20-16-24-38-91-73(112)35-45-120-53-90(97-86(116)68-48-98(49-68)76(115)34-31-33-69(111)32-23-15-14-19-30-44-129-139(117,118)119-13,54-121-46-36-74(113)92-39-25-17-21-28-42-124-88-78(95-57(2)100)84(134-66(11)109)81(131-63(8)106)71(137-88)51-127-60(5)103)55-122-47-37-75(114)93-40-26-18-22-29-43-125-89-79(96-58(3)101)85(135-67(12)110)82(132-64(9)107)72(138-89)52-128-61(6)104/h68,70-72,77-85,87-89H,14-55H2,1-13H3,(H,91,112)(H,92,113)(H,93,114)(H,94,99)(H,95,100)(H,96,101)(H,97,116)(H,117,118). The van der Waals surface area contributed by atoms with Gasteiger partial charge in [-0.25, -0.2) is 4.57 Å². The van der Waals surface area contributed by atoms with Crippen LogP contribution >= 0.6 is 7.82 Å². The monoisotopic (exact) mass is 2010 g/mol. The number of unbranched alkanes of at least 4 members (excludes halogenated alkanes) is 13. The topological polar surface area (TPSA) is 617 Å². The molecule has 4 fully saturated rings. The molecule has 4 aliphatic heterocycles. The Kier molecular flexibility index (Phi) is 58.7. The summed E-state index contributed by atoms with van der Waals surface area (Å²) in [7, 11) is -2.98. The van der Waals surface area contributed by atoms with Gasteiger partial charge < -0.3 is 132 Å². The molecule has 0 spiro atoms. The maximum Gasteiger partial charge on any atom is 0.471 e. The molecule has 8 N–H and O–H groups in total. The van der Waals surface area contributed by atoms with Gasteiger partial charge in [-0.1, -0.05) is 57.8 Å². The zero-order valence-electron chi connectivity index (χ0n) is 82.2. The third-order valence-electron chi connectivity index (χ3n) is 21.7. The Morgan fingerprint density at radius 1 is 0.353 bits per heavy atom. The summed E-state index contributed by atoms with van der Waals surface area (Å²) in [6.07, 6.45) is -4.86. The van der Waals surface area contributed by atoms with E-state index in [1.54, 1.807) is 0 Å². The third kappa shape index (κ3) is 51.1. The predicted molar refractivity (Wildman–Crippen MR) is 481 cm³/mol. The van der Waals surface area contributed by atoms with Crippen LogP contribution in [0.4, 0.5) is 0 Å². The number of ketones is 1. The minimum Gasteiger partial charge on any atom is -0.463 e. The number of nitrogens with zero attached hydrogens (tertiary/aromatic N) is 1. The molecular formula is C90H147N8O40P. The van der Waals surface area contributed by atoms with E-state index >= 15 is 0 Å². The molecule has 4 rings (SSSR count). The van der Waals surface area contributed by atoms with Crippen LogP contribution in [0.3, 0.4) is 0 Å². The Morgan fingerprint density at radius 3 is 0.957 bits per heavy atom. The number of Topliss-reactive ketones (excluding diaryl/α,β-unsaturated/α-hetero) is 1. The molecular weight excluding hydrogens is 1860 g/mol. The molecule has 0 aromatic heterocycles. The fourth-order valence-electron chi connectivity index (χ4n) is 15.2. The van der Waals surface area contributed by atoms with Gasteiger partial charge in [0.2, 0.25) is 47.3 Å². The van der Waals surface area contributed by atoms with Crippen LogP contribution in [0, 0.1) is 5.92 Å². The van der Waals surface area contributed by atoms with Crippen LogP contribution in [0.25, 0.3) is 0 Å². The summed E-state index contributed by atoms with van der Waals surface area (Å²) in [6, 6.07) is -3.46. The summed E-state index contributed by atoms with van der Waals surface area (Å²) in [6.45, 7) is 12.1. The first-order valence-corrected chi connectivity index (χ1v) is 48.7. The lowest BCUT2D eigenvalue weighted by Gasteiger charge is -2.44. The number of esters is 9. The summed E-state index contributed by atoms with van der Waals surface area (Å²) in [5.41, 5.74) is -1.57. The molecule has 0 bridgehead atoms. The Bertz CT molecular complexity index is 3650. The summed E-state index contributed by atoms with van der Waals surface area (Å²) >= 11 is 0. The van der Waals surface area contributed by atoms with E-state index in [1.807, 2.05) is 0 Å². The molecule has 4 heterocycles. The second kappa shape index (κ2) is 67.0. The minimum atomic E-state index is -4.06. The molecule has 49 heteroatoms. The highest BCUT2D eigenvalue weighted by Gasteiger charge is 2.55. The van der Waals surface area contributed by atoms with Crippen molar-refractivity contribution in [2.75, 3.05) is 126 Å². The Morgan fingerprint density at radius 2 is 0.647 bits per heavy atom. The lowest BCUT2D eigenvalue weighted by atomic mass is 9.95. The van der Waals surface area contributed by atoms with Gasteiger partial charge >= 0.3 is 61.5 Å². The summed E-state index contributed by atoms with van der Waals surface area (Å²) < 4.78 is 124. The van der Waals surface area contributed by atoms with E-state index < -0.39 is 208 Å². The van der Waals surface area contributed by atoms with Crippen molar-refractivity contribution < 1.29 is 190 Å². The SMILES string of the molecule is COP(=O)(O)OCCCCCCCC(=O)CCCC(=O)N1CC(C(=O)NC(COCCC(=O)NCCCCCCOC2OC(COC(C)=O)C(OC(C)=O)C(OC(C)=O)C2NC(C)=O)(COCCC(=O)NCCCCCCOC2OC(COC(C)=O)C(OC(C)=O)C(OC(C)=O)C2NC(C)=O)COCCC(=O)NCCCCCCOC2OC(COC(C)=O)C(OC(C)=O)C(OC(C)=O)C2NC(C)=O)C1. The molecule has 0 aliphatic carbocycles. The van der Waals surface area contributed by atoms with Gasteiger partial charge in [-0.2, -0.15) is 0 Å². The number of carbonyl (C=O) groups is 18. The fourth-order valence-corrected chi connectivity index (χ4v) is 15.7. The van der Waals surface area contributed by atoms with Crippen LogP contribution in [0.15, 0.2) is 0 Å². The van der Waals surface area contributed by atoms with E-state index in [0.29, 0.717) is 103 Å². The number of ether oxygens (including phenoxy) is 18. The van der Waals surface area contributed by atoms with Crippen molar-refractivity contribution in [3.8, 4) is 0 Å². The second-order valence-corrected chi connectivity index (χ2v) is 35.7. The van der Waals surface area contributed by atoms with Crippen molar-refractivity contribution in [3.63, 3.8) is 0 Å². The summed E-state index contributed by atoms with van der Waals surface area (Å²) in [4.78, 5) is 239. The van der Waals surface area contributed by atoms with E-state index in [1.165, 1.54) is 25.7 Å². The molecule has 48 nitrogen and oxygen atoms in total. The largest absolute Gasteiger partial charge is 0.471 e. The lowest BCUT2D eigenvalue weighted by molar-refractivity contribution is -0.277. The highest BCUT2D eigenvalue weighted by atomic mass is 31.2. The van der Waals surface area contributed by atoms with Gasteiger partial charge in [0.25, 0.3) is 0 Å². The molecule has 8 amide bonds. The average molecular weight is 2010 g/mol. The minimum absolute atomic E-state index is 0.0121. The van der Waals surface area contributed by atoms with Gasteiger partial charge in [0.1, 0.15) is 67.6 Å². The number of nitrogens with one attached hydrogen (secondary N) is 7. The van der Waals surface area contributed by atoms with E-state index in [4.69, 9.17) is 89.8 Å². The van der Waals surface area contributed by atoms with Crippen LogP contribution in [-0.2, 0) is 185 Å². The van der Waals surface area contributed by atoms with Crippen molar-refractivity contribution in [3.05, 3.63) is 0 Å². The van der Waals surface area contributed by atoms with E-state index in [-0.39, 0.29) is 167 Å². The number of likely N-dealkylation sites (tertiary alicyclic amines) is 1. The number of rotatable bonds is 70. The van der Waals surface area contributed by atoms with Crippen LogP contribution in [0.1, 0.15) is 237 Å². The number of hydrogen-bond donors (Lipinski definition) is 8. The van der Waals surface area contributed by atoms with Gasteiger partial charge in [0, 0.05) is 181 Å². The van der Waals surface area contributed by atoms with Crippen LogP contribution in [0.2, 0.25) is 0 Å². The Balaban J connectivity index is 1.46. The molecule has 4 aliphatic rings. The first kappa shape index (κ1) is 122. The Labute approximate surface area is 809 Å². The highest BCUT2D eigenvalue weighted by molar-refractivity contribution is 7.47. The third-order valence-corrected chi connectivity index (χ3v) is 22.7. The number of hydrogen-bond acceptors (Lipinski definition) is 39. The quantitative estimate of drug-likeness (QED) is 0.0188. The van der Waals surface area contributed by atoms with Gasteiger partial charge in [-0.05, 0) is 57.8 Å². The van der Waals surface area contributed by atoms with Gasteiger partial charge in [0.05, 0.1) is 52.2 Å². The van der Waals surface area contributed by atoms with Crippen molar-refractivity contribution in [2.24, 2.45) is 5.92 Å². The van der Waals surface area contributed by atoms with Crippen LogP contribution in [-0.4, -0.2) is 340 Å². The van der Waals surface area contributed by atoms with Crippen molar-refractivity contribution >= 4 is 115 Å². The van der Waals surface area contributed by atoms with E-state index in [9.17, 15) is 95.8 Å². The molecule has 16 unspecified atom stereocenters. The van der Waals surface area contributed by atoms with E-state index in [2.05, 4.69) is 41.7 Å². The first-order valence-electron chi connectivity index (χ1n) is 47.3. The molecule has 0 radical (unpaired) electrons. The normalized spacial score (nSPS) is 22.5. The predicted octanol–water partition coefficient (Wildman–Crippen LogP) is 2.41. The molecule has 16 atom stereocenters. The Hall–Kier alpha value is -9.59. The van der Waals surface area contributed by atoms with Crippen LogP contribution in [0.5, 0.6) is 0 Å². The maximum atomic E-state index is 14.6. The molecule has 4 saturated heterocycles. The molecule has 139 heavy (non-hydrogen) atoms. The zero-order valence-corrected chi connectivity index (χ0v) is 83.1. The fraction of sp³-hybridized carbons (Fsp3) is 0.800. The van der Waals surface area contributed by atoms with Crippen LogP contribution < -0.4 is 37.2 Å². The number of amides is 8. The first-order chi connectivity index (χ1) is 66.0. The smallest absolute Gasteiger partial charge is 0.463 e. The highest BCUT2D eigenvalue weighted by Crippen LogP contribution is 2.42. The molecule has 0 aromatic rings. The number of carbonyl (C=O) groups excluding carboxylic acids is 18. The molecule has 0 saturated carbocycles. The zero-order chi connectivity index (χ0) is 103.